The molecule has 0 spiro atoms. The lowest BCUT2D eigenvalue weighted by Gasteiger charge is -2.17. The van der Waals surface area contributed by atoms with E-state index in [1.54, 1.807) is 12.1 Å². The third kappa shape index (κ3) is 3.43. The van der Waals surface area contributed by atoms with Gasteiger partial charge in [-0.1, -0.05) is 23.7 Å². The number of hydrogen-bond acceptors (Lipinski definition) is 3. The normalized spacial score (nSPS) is 12.9. The lowest BCUT2D eigenvalue weighted by Crippen LogP contribution is -2.54. The van der Waals surface area contributed by atoms with Gasteiger partial charge >= 0.3 is 0 Å². The second-order valence-electron chi connectivity index (χ2n) is 5.26. The molecule has 0 bridgehead atoms. The number of rotatable bonds is 5. The Labute approximate surface area is 136 Å². The number of hydrogen-bond donors (Lipinski definition) is 1. The van der Waals surface area contributed by atoms with Crippen LogP contribution in [0.1, 0.15) is 10.8 Å². The van der Waals surface area contributed by atoms with Crippen molar-refractivity contribution in [3.63, 3.8) is 0 Å². The lowest BCUT2D eigenvalue weighted by atomic mass is 10.1. The van der Waals surface area contributed by atoms with E-state index in [0.29, 0.717) is 5.02 Å². The van der Waals surface area contributed by atoms with Crippen molar-refractivity contribution < 1.29 is 14.2 Å². The highest BCUT2D eigenvalue weighted by Gasteiger charge is 2.29. The van der Waals surface area contributed by atoms with Crippen LogP contribution in [0.5, 0.6) is 0 Å². The fourth-order valence-electron chi connectivity index (χ4n) is 2.28. The van der Waals surface area contributed by atoms with Gasteiger partial charge in [-0.15, -0.1) is 0 Å². The Morgan fingerprint density at radius 2 is 1.59 bits per heavy atom. The van der Waals surface area contributed by atoms with Crippen molar-refractivity contribution in [2.45, 2.75) is 10.1 Å². The Hall–Kier alpha value is -1.56. The van der Waals surface area contributed by atoms with E-state index in [1.807, 2.05) is 43.3 Å². The highest BCUT2D eigenvalue weighted by Crippen LogP contribution is 2.29. The average molecular weight is 340 g/mol. The molecule has 0 aliphatic carbocycles. The van der Waals surface area contributed by atoms with Crippen LogP contribution >= 0.6 is 11.6 Å². The van der Waals surface area contributed by atoms with Crippen LogP contribution in [0.2, 0.25) is 5.02 Å². The summed E-state index contributed by atoms with van der Waals surface area (Å²) in [4.78, 5) is 2.23. The zero-order valence-corrected chi connectivity index (χ0v) is 14.2. The molecule has 6 heteroatoms. The highest BCUT2D eigenvalue weighted by atomic mass is 35.5. The van der Waals surface area contributed by atoms with E-state index >= 15 is 0 Å². The van der Waals surface area contributed by atoms with Crippen LogP contribution in [-0.2, 0) is 9.84 Å². The summed E-state index contributed by atoms with van der Waals surface area (Å²) in [5.41, 5.74) is 5.58. The number of anilines is 1. The van der Waals surface area contributed by atoms with Gasteiger partial charge in [-0.05, 0) is 42.0 Å². The lowest BCUT2D eigenvalue weighted by molar-refractivity contribution is -0.367. The quantitative estimate of drug-likeness (QED) is 0.907. The predicted octanol–water partition coefficient (Wildman–Crippen LogP) is 2.16. The van der Waals surface area contributed by atoms with E-state index in [-0.39, 0.29) is 11.4 Å². The molecular weight excluding hydrogens is 320 g/mol. The summed E-state index contributed by atoms with van der Waals surface area (Å²) in [5.74, 6) is 0. The Balaban J connectivity index is 2.40. The molecule has 0 amide bonds. The van der Waals surface area contributed by atoms with Crippen molar-refractivity contribution in [3.05, 3.63) is 59.1 Å². The highest BCUT2D eigenvalue weighted by molar-refractivity contribution is 7.91. The Kier molecular flexibility index (Phi) is 5.11. The van der Waals surface area contributed by atoms with Crippen molar-refractivity contribution in [1.29, 1.82) is 0 Å². The van der Waals surface area contributed by atoms with Crippen LogP contribution < -0.4 is 10.6 Å². The second kappa shape index (κ2) is 6.69. The molecule has 0 saturated carbocycles. The van der Waals surface area contributed by atoms with Crippen molar-refractivity contribution in [3.8, 4) is 0 Å². The molecule has 0 heterocycles. The molecule has 2 rings (SSSR count). The maximum Gasteiger partial charge on any atom is 0.190 e. The third-order valence-corrected chi connectivity index (χ3v) is 6.00. The molecular formula is C16H20ClN2O2S+. The predicted molar refractivity (Wildman–Crippen MR) is 89.9 cm³/mol. The minimum atomic E-state index is -3.49. The summed E-state index contributed by atoms with van der Waals surface area (Å²) in [7, 11) is 0.397. The molecule has 2 aromatic carbocycles. The first-order chi connectivity index (χ1) is 10.4. The molecule has 0 saturated heterocycles. The van der Waals surface area contributed by atoms with Crippen LogP contribution in [0, 0.1) is 0 Å². The van der Waals surface area contributed by atoms with Crippen molar-refractivity contribution in [2.24, 2.45) is 0 Å². The molecule has 3 N–H and O–H groups in total. The van der Waals surface area contributed by atoms with Crippen molar-refractivity contribution in [2.75, 3.05) is 25.5 Å². The summed E-state index contributed by atoms with van der Waals surface area (Å²) in [6.45, 7) is 0.270. The first-order valence-corrected chi connectivity index (χ1v) is 8.84. The largest absolute Gasteiger partial charge is 0.378 e. The first-order valence-electron chi connectivity index (χ1n) is 6.92. The minimum absolute atomic E-state index is 0.266. The molecule has 0 aromatic heterocycles. The zero-order valence-electron chi connectivity index (χ0n) is 12.7. The van der Waals surface area contributed by atoms with Crippen LogP contribution in [0.3, 0.4) is 0 Å². The number of sulfone groups is 1. The fraction of sp³-hybridized carbons (Fsp3) is 0.250. The van der Waals surface area contributed by atoms with E-state index in [0.717, 1.165) is 11.3 Å². The van der Waals surface area contributed by atoms with Gasteiger partial charge < -0.3 is 10.6 Å². The van der Waals surface area contributed by atoms with Crippen LogP contribution in [0.15, 0.2) is 53.4 Å². The molecule has 22 heavy (non-hydrogen) atoms. The van der Waals surface area contributed by atoms with E-state index in [1.165, 1.54) is 12.1 Å². The molecule has 0 fully saturated rings. The van der Waals surface area contributed by atoms with Gasteiger partial charge in [0.05, 0.1) is 11.4 Å². The van der Waals surface area contributed by atoms with E-state index < -0.39 is 15.1 Å². The third-order valence-electron chi connectivity index (χ3n) is 3.56. The van der Waals surface area contributed by atoms with Crippen molar-refractivity contribution >= 4 is 27.1 Å². The van der Waals surface area contributed by atoms with Crippen LogP contribution in [-0.4, -0.2) is 29.1 Å². The molecule has 0 aliphatic heterocycles. The Bertz CT molecular complexity index is 726. The average Bonchev–Trinajstić information content (AvgIpc) is 2.48. The van der Waals surface area contributed by atoms with E-state index in [2.05, 4.69) is 5.73 Å². The monoisotopic (exact) mass is 339 g/mol. The maximum absolute atomic E-state index is 12.8. The van der Waals surface area contributed by atoms with Gasteiger partial charge in [0.2, 0.25) is 0 Å². The number of benzene rings is 2. The molecule has 0 aliphatic rings. The van der Waals surface area contributed by atoms with Gasteiger partial charge in [0.25, 0.3) is 0 Å². The molecule has 118 valence electrons. The maximum atomic E-state index is 12.8. The fourth-order valence-corrected chi connectivity index (χ4v) is 4.07. The zero-order chi connectivity index (χ0) is 16.3. The van der Waals surface area contributed by atoms with Gasteiger partial charge in [-0.25, -0.2) is 8.42 Å². The van der Waals surface area contributed by atoms with Gasteiger partial charge in [-0.2, -0.15) is 0 Å². The summed E-state index contributed by atoms with van der Waals surface area (Å²) >= 11 is 5.83. The molecule has 0 radical (unpaired) electrons. The summed E-state index contributed by atoms with van der Waals surface area (Å²) in [6.07, 6.45) is 0. The van der Waals surface area contributed by atoms with E-state index in [9.17, 15) is 8.42 Å². The second-order valence-corrected chi connectivity index (χ2v) is 7.83. The summed E-state index contributed by atoms with van der Waals surface area (Å²) in [6, 6.07) is 13.8. The number of quaternary nitrogens is 1. The number of nitrogens with zero attached hydrogens (tertiary/aromatic N) is 1. The first kappa shape index (κ1) is 16.8. The topological polar surface area (TPSA) is 65.0 Å². The van der Waals surface area contributed by atoms with Crippen LogP contribution in [0.4, 0.5) is 5.69 Å². The Morgan fingerprint density at radius 1 is 1.05 bits per heavy atom. The van der Waals surface area contributed by atoms with Crippen molar-refractivity contribution in [1.82, 2.24) is 0 Å². The smallest absolute Gasteiger partial charge is 0.190 e. The molecule has 0 unspecified atom stereocenters. The van der Waals surface area contributed by atoms with Gasteiger partial charge in [-0.3, -0.25) is 0 Å². The standard InChI is InChI=1S/C16H19ClN2O2S/c1-19(2)14-7-3-12(4-8-14)16(11-18)22(20,21)15-9-5-13(17)6-10-15/h3-10,16H,11,18H2,1-2H3/p+1/t16-/m1/s1. The van der Waals surface area contributed by atoms with Gasteiger partial charge in [0.15, 0.2) is 9.84 Å². The van der Waals surface area contributed by atoms with Gasteiger partial charge in [0.1, 0.15) is 5.25 Å². The molecule has 4 nitrogen and oxygen atoms in total. The Morgan fingerprint density at radius 3 is 2.05 bits per heavy atom. The van der Waals surface area contributed by atoms with Gasteiger partial charge in [0, 0.05) is 24.8 Å². The van der Waals surface area contributed by atoms with Crippen LogP contribution in [0.25, 0.3) is 0 Å². The summed E-state index contributed by atoms with van der Waals surface area (Å²) in [5, 5.41) is -0.148. The SMILES string of the molecule is CN(C)c1ccc([C@@H](C[NH3+])S(=O)(=O)c2ccc(Cl)cc2)cc1. The van der Waals surface area contributed by atoms with E-state index in [4.69, 9.17) is 11.6 Å². The minimum Gasteiger partial charge on any atom is -0.378 e. The molecule has 2 aromatic rings. The summed E-state index contributed by atoms with van der Waals surface area (Å²) < 4.78 is 25.6. The molecule has 1 atom stereocenters. The number of halogens is 1.